The van der Waals surface area contributed by atoms with E-state index in [0.717, 1.165) is 45.6 Å². The lowest BCUT2D eigenvalue weighted by molar-refractivity contribution is 0.0357. The molecule has 0 unspecified atom stereocenters. The molecule has 6 heteroatoms. The second kappa shape index (κ2) is 8.47. The number of urea groups is 1. The Morgan fingerprint density at radius 3 is 2.57 bits per heavy atom. The third-order valence-electron chi connectivity index (χ3n) is 4.44. The standard InChI is InChI=1S/C17H29N3O2Si/c1-19(9-10-20-11-13-22-14-12-20)17(21)18-15-23(2,3)16-7-5-4-6-8-16/h4-8H,9-15H2,1-3H3,(H,18,21). The molecule has 0 radical (unpaired) electrons. The van der Waals surface area contributed by atoms with Crippen molar-refractivity contribution in [3.8, 4) is 0 Å². The highest BCUT2D eigenvalue weighted by molar-refractivity contribution is 6.90. The van der Waals surface area contributed by atoms with Gasteiger partial charge in [0, 0.05) is 39.4 Å². The van der Waals surface area contributed by atoms with Crippen molar-refractivity contribution < 1.29 is 9.53 Å². The molecule has 1 aliphatic heterocycles. The number of likely N-dealkylation sites (N-methyl/N-ethyl adjacent to an activating group) is 1. The Bertz CT molecular complexity index is 490. The minimum absolute atomic E-state index is 0.0229. The average Bonchev–Trinajstić information content (AvgIpc) is 2.59. The maximum absolute atomic E-state index is 12.3. The molecule has 0 saturated carbocycles. The van der Waals surface area contributed by atoms with E-state index in [2.05, 4.69) is 47.6 Å². The predicted octanol–water partition coefficient (Wildman–Crippen LogP) is 1.11. The summed E-state index contributed by atoms with van der Waals surface area (Å²) in [4.78, 5) is 16.4. The van der Waals surface area contributed by atoms with E-state index in [1.165, 1.54) is 5.19 Å². The van der Waals surface area contributed by atoms with Gasteiger partial charge in [0.1, 0.15) is 8.07 Å². The molecule has 0 atom stereocenters. The lowest BCUT2D eigenvalue weighted by atomic mass is 10.4. The maximum Gasteiger partial charge on any atom is 0.316 e. The van der Waals surface area contributed by atoms with Crippen molar-refractivity contribution in [2.45, 2.75) is 13.1 Å². The van der Waals surface area contributed by atoms with Crippen LogP contribution in [0, 0.1) is 0 Å². The highest BCUT2D eigenvalue weighted by Crippen LogP contribution is 2.02. The van der Waals surface area contributed by atoms with Crippen LogP contribution in [0.3, 0.4) is 0 Å². The van der Waals surface area contributed by atoms with Crippen molar-refractivity contribution in [2.24, 2.45) is 0 Å². The topological polar surface area (TPSA) is 44.8 Å². The van der Waals surface area contributed by atoms with Crippen LogP contribution in [0.25, 0.3) is 0 Å². The molecule has 1 aromatic rings. The highest BCUT2D eigenvalue weighted by Gasteiger charge is 2.24. The first kappa shape index (κ1) is 18.0. The SMILES string of the molecule is CN(CCN1CCOCC1)C(=O)NC[Si](C)(C)c1ccccc1. The van der Waals surface area contributed by atoms with Crippen LogP contribution >= 0.6 is 0 Å². The van der Waals surface area contributed by atoms with E-state index >= 15 is 0 Å². The monoisotopic (exact) mass is 335 g/mol. The molecule has 1 saturated heterocycles. The zero-order chi connectivity index (χ0) is 16.7. The van der Waals surface area contributed by atoms with Gasteiger partial charge in [-0.3, -0.25) is 4.90 Å². The number of carbonyl (C=O) groups is 1. The van der Waals surface area contributed by atoms with E-state index in [1.807, 2.05) is 13.1 Å². The minimum atomic E-state index is -1.63. The van der Waals surface area contributed by atoms with Crippen molar-refractivity contribution in [1.29, 1.82) is 0 Å². The normalized spacial score (nSPS) is 16.1. The van der Waals surface area contributed by atoms with Crippen molar-refractivity contribution in [3.05, 3.63) is 30.3 Å². The third-order valence-corrected chi connectivity index (χ3v) is 7.40. The summed E-state index contributed by atoms with van der Waals surface area (Å²) >= 11 is 0. The predicted molar refractivity (Wildman–Crippen MR) is 96.8 cm³/mol. The van der Waals surface area contributed by atoms with Crippen LogP contribution in [-0.2, 0) is 4.74 Å². The summed E-state index contributed by atoms with van der Waals surface area (Å²) in [6.07, 6.45) is 0.762. The fourth-order valence-corrected chi connectivity index (χ4v) is 4.53. The van der Waals surface area contributed by atoms with Gasteiger partial charge in [0.25, 0.3) is 0 Å². The van der Waals surface area contributed by atoms with E-state index in [-0.39, 0.29) is 6.03 Å². The summed E-state index contributed by atoms with van der Waals surface area (Å²) in [5.74, 6) is 0. The number of benzene rings is 1. The zero-order valence-corrected chi connectivity index (χ0v) is 15.5. The maximum atomic E-state index is 12.3. The Balaban J connectivity index is 1.74. The fraction of sp³-hybridized carbons (Fsp3) is 0.588. The van der Waals surface area contributed by atoms with Gasteiger partial charge in [-0.05, 0) is 0 Å². The first-order chi connectivity index (χ1) is 11.0. The van der Waals surface area contributed by atoms with E-state index in [0.29, 0.717) is 0 Å². The number of morpholine rings is 1. The second-order valence-electron chi connectivity index (χ2n) is 6.78. The Labute approximate surface area is 140 Å². The second-order valence-corrected chi connectivity index (χ2v) is 11.5. The molecule has 23 heavy (non-hydrogen) atoms. The minimum Gasteiger partial charge on any atom is -0.379 e. The lowest BCUT2D eigenvalue weighted by Crippen LogP contribution is -2.54. The quantitative estimate of drug-likeness (QED) is 0.792. The number of hydrogen-bond acceptors (Lipinski definition) is 3. The van der Waals surface area contributed by atoms with Crippen molar-refractivity contribution in [2.75, 3.05) is 52.6 Å². The third kappa shape index (κ3) is 5.64. The first-order valence-corrected chi connectivity index (χ1v) is 11.5. The molecular weight excluding hydrogens is 306 g/mol. The largest absolute Gasteiger partial charge is 0.379 e. The number of amides is 2. The van der Waals surface area contributed by atoms with E-state index in [1.54, 1.807) is 4.90 Å². The smallest absolute Gasteiger partial charge is 0.316 e. The molecule has 2 rings (SSSR count). The fourth-order valence-electron chi connectivity index (χ4n) is 2.64. The van der Waals surface area contributed by atoms with Gasteiger partial charge in [0.05, 0.1) is 13.2 Å². The molecule has 0 aromatic heterocycles. The number of ether oxygens (including phenoxy) is 1. The van der Waals surface area contributed by atoms with Crippen molar-refractivity contribution >= 4 is 19.3 Å². The molecule has 0 bridgehead atoms. The van der Waals surface area contributed by atoms with Crippen LogP contribution < -0.4 is 10.5 Å². The van der Waals surface area contributed by atoms with Crippen LogP contribution in [0.1, 0.15) is 0 Å². The van der Waals surface area contributed by atoms with Crippen LogP contribution in [0.5, 0.6) is 0 Å². The summed E-state index contributed by atoms with van der Waals surface area (Å²) in [5, 5.41) is 4.49. The Hall–Kier alpha value is -1.37. The summed E-state index contributed by atoms with van der Waals surface area (Å²) in [5.41, 5.74) is 0. The van der Waals surface area contributed by atoms with Gasteiger partial charge in [-0.1, -0.05) is 48.6 Å². The van der Waals surface area contributed by atoms with E-state index in [4.69, 9.17) is 4.74 Å². The number of hydrogen-bond donors (Lipinski definition) is 1. The van der Waals surface area contributed by atoms with Crippen molar-refractivity contribution in [1.82, 2.24) is 15.1 Å². The lowest BCUT2D eigenvalue weighted by Gasteiger charge is -2.29. The molecule has 1 aromatic carbocycles. The van der Waals surface area contributed by atoms with Gasteiger partial charge in [0.2, 0.25) is 0 Å². The summed E-state index contributed by atoms with van der Waals surface area (Å²) < 4.78 is 5.34. The number of nitrogens with zero attached hydrogens (tertiary/aromatic N) is 2. The van der Waals surface area contributed by atoms with Gasteiger partial charge in [-0.15, -0.1) is 0 Å². The van der Waals surface area contributed by atoms with Gasteiger partial charge in [0.15, 0.2) is 0 Å². The molecule has 0 spiro atoms. The Kier molecular flexibility index (Phi) is 6.62. The van der Waals surface area contributed by atoms with E-state index in [9.17, 15) is 4.79 Å². The van der Waals surface area contributed by atoms with Crippen molar-refractivity contribution in [3.63, 3.8) is 0 Å². The number of carbonyl (C=O) groups excluding carboxylic acids is 1. The number of nitrogens with one attached hydrogen (secondary N) is 1. The van der Waals surface area contributed by atoms with Gasteiger partial charge < -0.3 is 15.0 Å². The molecule has 1 fully saturated rings. The zero-order valence-electron chi connectivity index (χ0n) is 14.5. The molecule has 128 valence electrons. The molecule has 0 aliphatic carbocycles. The summed E-state index contributed by atoms with van der Waals surface area (Å²) in [6, 6.07) is 10.5. The number of rotatable bonds is 6. The molecule has 2 amide bonds. The van der Waals surface area contributed by atoms with Crippen LogP contribution in [0.2, 0.25) is 13.1 Å². The Morgan fingerprint density at radius 2 is 1.91 bits per heavy atom. The van der Waals surface area contributed by atoms with Gasteiger partial charge in [-0.2, -0.15) is 0 Å². The van der Waals surface area contributed by atoms with Crippen LogP contribution in [0.4, 0.5) is 4.79 Å². The molecule has 1 heterocycles. The van der Waals surface area contributed by atoms with E-state index < -0.39 is 8.07 Å². The summed E-state index contributed by atoms with van der Waals surface area (Å²) in [6.45, 7) is 9.75. The Morgan fingerprint density at radius 1 is 1.26 bits per heavy atom. The van der Waals surface area contributed by atoms with Crippen LogP contribution in [0.15, 0.2) is 30.3 Å². The molecule has 1 N–H and O–H groups in total. The highest BCUT2D eigenvalue weighted by atomic mass is 28.3. The van der Waals surface area contributed by atoms with Crippen LogP contribution in [-0.4, -0.2) is 76.5 Å². The molecule has 5 nitrogen and oxygen atoms in total. The van der Waals surface area contributed by atoms with Gasteiger partial charge >= 0.3 is 6.03 Å². The first-order valence-electron chi connectivity index (χ1n) is 8.33. The van der Waals surface area contributed by atoms with Gasteiger partial charge in [-0.25, -0.2) is 4.79 Å². The molecular formula is C17H29N3O2Si. The molecule has 1 aliphatic rings. The summed E-state index contributed by atoms with van der Waals surface area (Å²) in [7, 11) is 0.239. The average molecular weight is 336 g/mol.